The molecule has 0 heterocycles. The topological polar surface area (TPSA) is 82.1 Å². The van der Waals surface area contributed by atoms with E-state index in [1.165, 1.54) is 0 Å². The van der Waals surface area contributed by atoms with Gasteiger partial charge in [0.2, 0.25) is 0 Å². The van der Waals surface area contributed by atoms with Gasteiger partial charge >= 0.3 is 0 Å². The lowest BCUT2D eigenvalue weighted by Gasteiger charge is -2.20. The number of hydrogen-bond donors (Lipinski definition) is 3. The molecule has 0 radical (unpaired) electrons. The van der Waals surface area contributed by atoms with Crippen LogP contribution in [-0.2, 0) is 6.54 Å². The van der Waals surface area contributed by atoms with Gasteiger partial charge in [0.15, 0.2) is 5.84 Å². The number of nitrogens with two attached hydrogens (primary N) is 1. The quantitative estimate of drug-likeness (QED) is 0.292. The maximum absolute atomic E-state index is 8.99. The zero-order valence-corrected chi connectivity index (χ0v) is 10.7. The van der Waals surface area contributed by atoms with Crippen LogP contribution in [0.2, 0.25) is 0 Å². The van der Waals surface area contributed by atoms with Gasteiger partial charge in [-0.1, -0.05) is 36.3 Å². The molecule has 0 bridgehead atoms. The Morgan fingerprint density at radius 3 is 2.44 bits per heavy atom. The van der Waals surface area contributed by atoms with E-state index in [4.69, 9.17) is 16.0 Å². The molecule has 0 spiro atoms. The molecule has 0 aliphatic heterocycles. The summed E-state index contributed by atoms with van der Waals surface area (Å²) < 4.78 is 0. The van der Waals surface area contributed by atoms with Crippen molar-refractivity contribution in [1.82, 2.24) is 4.90 Å². The van der Waals surface area contributed by atoms with Crippen LogP contribution in [-0.4, -0.2) is 40.7 Å². The first-order chi connectivity index (χ1) is 8.71. The van der Waals surface area contributed by atoms with Crippen molar-refractivity contribution in [2.24, 2.45) is 10.9 Å². The fourth-order valence-electron chi connectivity index (χ4n) is 1.82. The van der Waals surface area contributed by atoms with Gasteiger partial charge in [-0.25, -0.2) is 0 Å². The number of aliphatic hydroxyl groups is 1. The fourth-order valence-corrected chi connectivity index (χ4v) is 1.82. The fraction of sp³-hybridized carbons (Fsp3) is 0.462. The van der Waals surface area contributed by atoms with Gasteiger partial charge in [0, 0.05) is 18.7 Å². The summed E-state index contributed by atoms with van der Waals surface area (Å²) in [6.07, 6.45) is 1.06. The van der Waals surface area contributed by atoms with E-state index in [0.29, 0.717) is 12.1 Å². The average molecular weight is 251 g/mol. The molecular weight excluding hydrogens is 230 g/mol. The van der Waals surface area contributed by atoms with Crippen molar-refractivity contribution in [3.63, 3.8) is 0 Å². The second-order valence-electron chi connectivity index (χ2n) is 4.18. The van der Waals surface area contributed by atoms with Crippen LogP contribution in [0.1, 0.15) is 24.5 Å². The Hall–Kier alpha value is -1.59. The van der Waals surface area contributed by atoms with Crippen LogP contribution in [0, 0.1) is 0 Å². The van der Waals surface area contributed by atoms with Crippen LogP contribution in [0.3, 0.4) is 0 Å². The number of oxime groups is 1. The van der Waals surface area contributed by atoms with Crippen molar-refractivity contribution < 1.29 is 10.3 Å². The zero-order valence-electron chi connectivity index (χ0n) is 10.7. The molecule has 0 unspecified atom stereocenters. The molecule has 0 aliphatic rings. The summed E-state index contributed by atoms with van der Waals surface area (Å²) in [7, 11) is 0. The molecule has 100 valence electrons. The van der Waals surface area contributed by atoms with E-state index in [-0.39, 0.29) is 12.4 Å². The second kappa shape index (κ2) is 7.68. The lowest BCUT2D eigenvalue weighted by molar-refractivity contribution is 0.190. The molecule has 0 aromatic heterocycles. The van der Waals surface area contributed by atoms with Crippen LogP contribution in [0.15, 0.2) is 29.4 Å². The Labute approximate surface area is 108 Å². The summed E-state index contributed by atoms with van der Waals surface area (Å²) in [5.74, 6) is 0.113. The third-order valence-corrected chi connectivity index (χ3v) is 2.72. The molecule has 1 aromatic carbocycles. The van der Waals surface area contributed by atoms with Crippen LogP contribution in [0.25, 0.3) is 0 Å². The van der Waals surface area contributed by atoms with Crippen molar-refractivity contribution in [2.45, 2.75) is 19.9 Å². The zero-order chi connectivity index (χ0) is 13.4. The van der Waals surface area contributed by atoms with Gasteiger partial charge < -0.3 is 16.0 Å². The molecule has 0 amide bonds. The Balaban J connectivity index is 2.66. The molecule has 1 rings (SSSR count). The molecule has 5 nitrogen and oxygen atoms in total. The van der Waals surface area contributed by atoms with Gasteiger partial charge in [0.1, 0.15) is 0 Å². The largest absolute Gasteiger partial charge is 0.409 e. The Morgan fingerprint density at radius 1 is 1.28 bits per heavy atom. The average Bonchev–Trinajstić information content (AvgIpc) is 2.39. The van der Waals surface area contributed by atoms with E-state index in [9.17, 15) is 0 Å². The van der Waals surface area contributed by atoms with E-state index >= 15 is 0 Å². The number of nitrogens with zero attached hydrogens (tertiary/aromatic N) is 2. The molecule has 0 fully saturated rings. The van der Waals surface area contributed by atoms with Gasteiger partial charge in [-0.3, -0.25) is 4.90 Å². The Bertz CT molecular complexity index is 370. The predicted molar refractivity (Wildman–Crippen MR) is 71.6 cm³/mol. The summed E-state index contributed by atoms with van der Waals surface area (Å²) in [5, 5.41) is 20.5. The summed E-state index contributed by atoms with van der Waals surface area (Å²) in [6, 6.07) is 7.56. The minimum atomic E-state index is 0.113. The number of rotatable bonds is 7. The highest BCUT2D eigenvalue weighted by atomic mass is 16.4. The molecule has 5 heteroatoms. The smallest absolute Gasteiger partial charge is 0.170 e. The predicted octanol–water partition coefficient (Wildman–Crippen LogP) is 0.985. The summed E-state index contributed by atoms with van der Waals surface area (Å²) >= 11 is 0. The van der Waals surface area contributed by atoms with Crippen molar-refractivity contribution in [3.05, 3.63) is 35.4 Å². The van der Waals surface area contributed by atoms with Crippen LogP contribution in [0.4, 0.5) is 0 Å². The molecular formula is C13H21N3O2. The SMILES string of the molecule is CCCN(CCO)Cc1ccc(/C(N)=N/O)cc1. The highest BCUT2D eigenvalue weighted by molar-refractivity contribution is 5.96. The molecule has 0 saturated carbocycles. The second-order valence-corrected chi connectivity index (χ2v) is 4.18. The monoisotopic (exact) mass is 251 g/mol. The normalized spacial score (nSPS) is 12.1. The summed E-state index contributed by atoms with van der Waals surface area (Å²) in [5.41, 5.74) is 7.34. The van der Waals surface area contributed by atoms with Gasteiger partial charge in [0.25, 0.3) is 0 Å². The van der Waals surface area contributed by atoms with Crippen LogP contribution >= 0.6 is 0 Å². The molecule has 0 atom stereocenters. The van der Waals surface area contributed by atoms with Crippen LogP contribution < -0.4 is 5.73 Å². The first-order valence-corrected chi connectivity index (χ1v) is 6.11. The maximum Gasteiger partial charge on any atom is 0.170 e. The van der Waals surface area contributed by atoms with E-state index < -0.39 is 0 Å². The first-order valence-electron chi connectivity index (χ1n) is 6.11. The molecule has 0 saturated heterocycles. The summed E-state index contributed by atoms with van der Waals surface area (Å²) in [6.45, 7) is 4.72. The van der Waals surface area contributed by atoms with E-state index in [2.05, 4.69) is 17.0 Å². The maximum atomic E-state index is 8.99. The highest BCUT2D eigenvalue weighted by Gasteiger charge is 2.05. The third-order valence-electron chi connectivity index (χ3n) is 2.72. The van der Waals surface area contributed by atoms with E-state index in [0.717, 1.165) is 25.1 Å². The van der Waals surface area contributed by atoms with Crippen molar-refractivity contribution in [2.75, 3.05) is 19.7 Å². The van der Waals surface area contributed by atoms with Crippen molar-refractivity contribution in [3.8, 4) is 0 Å². The lowest BCUT2D eigenvalue weighted by atomic mass is 10.1. The van der Waals surface area contributed by atoms with Gasteiger partial charge in [-0.05, 0) is 18.5 Å². The third kappa shape index (κ3) is 4.35. The molecule has 18 heavy (non-hydrogen) atoms. The minimum Gasteiger partial charge on any atom is -0.409 e. The van der Waals surface area contributed by atoms with Gasteiger partial charge in [0.05, 0.1) is 6.61 Å². The number of amidine groups is 1. The standard InChI is InChI=1S/C13H21N3O2/c1-2-7-16(8-9-17)10-11-3-5-12(6-4-11)13(14)15-18/h3-6,17-18H,2,7-10H2,1H3,(H2,14,15). The highest BCUT2D eigenvalue weighted by Crippen LogP contribution is 2.08. The summed E-state index contributed by atoms with van der Waals surface area (Å²) in [4.78, 5) is 2.19. The van der Waals surface area contributed by atoms with Gasteiger partial charge in [-0.2, -0.15) is 0 Å². The molecule has 0 aliphatic carbocycles. The number of hydrogen-bond acceptors (Lipinski definition) is 4. The first kappa shape index (κ1) is 14.5. The van der Waals surface area contributed by atoms with Crippen molar-refractivity contribution >= 4 is 5.84 Å². The number of benzene rings is 1. The Kier molecular flexibility index (Phi) is 6.18. The molecule has 1 aromatic rings. The Morgan fingerprint density at radius 2 is 1.94 bits per heavy atom. The lowest BCUT2D eigenvalue weighted by Crippen LogP contribution is -2.27. The van der Waals surface area contributed by atoms with Gasteiger partial charge in [-0.15, -0.1) is 0 Å². The van der Waals surface area contributed by atoms with E-state index in [1.54, 1.807) is 0 Å². The molecule has 4 N–H and O–H groups in total. The van der Waals surface area contributed by atoms with Crippen LogP contribution in [0.5, 0.6) is 0 Å². The number of aliphatic hydroxyl groups excluding tert-OH is 1. The van der Waals surface area contributed by atoms with Crippen molar-refractivity contribution in [1.29, 1.82) is 0 Å². The van der Waals surface area contributed by atoms with E-state index in [1.807, 2.05) is 24.3 Å². The minimum absolute atomic E-state index is 0.113.